The number of phenolic OH excluding ortho intramolecular Hbond substituents is 2. The smallest absolute Gasteiger partial charge is 0.235 e. The summed E-state index contributed by atoms with van der Waals surface area (Å²) >= 11 is 0. The predicted octanol–water partition coefficient (Wildman–Crippen LogP) is 4.10. The Morgan fingerprint density at radius 1 is 1.09 bits per heavy atom. The van der Waals surface area contributed by atoms with Crippen molar-refractivity contribution < 1.29 is 24.5 Å². The molecule has 176 valence electrons. The molecular formula is C27H23N3O5. The van der Waals surface area contributed by atoms with Crippen molar-refractivity contribution in [3.8, 4) is 28.4 Å². The SMILES string of the molecule is Cn1cc(/C=C2\Oc3cc(O)cc(O)c3C2=O)c2c(-c3ccc(N4CCOCC4)nc3)cccc21. The molecule has 1 saturated heterocycles. The number of carbonyl (C=O) groups is 1. The highest BCUT2D eigenvalue weighted by Gasteiger charge is 2.31. The number of anilines is 1. The number of pyridine rings is 1. The van der Waals surface area contributed by atoms with Gasteiger partial charge in [-0.1, -0.05) is 12.1 Å². The second kappa shape index (κ2) is 8.18. The number of nitrogens with zero attached hydrogens (tertiary/aromatic N) is 3. The molecule has 0 aliphatic carbocycles. The number of hydrogen-bond donors (Lipinski definition) is 2. The number of benzene rings is 2. The largest absolute Gasteiger partial charge is 0.508 e. The fourth-order valence-electron chi connectivity index (χ4n) is 4.77. The summed E-state index contributed by atoms with van der Waals surface area (Å²) < 4.78 is 13.2. The number of hydrogen-bond acceptors (Lipinski definition) is 7. The van der Waals surface area contributed by atoms with Crippen LogP contribution in [0.5, 0.6) is 17.2 Å². The molecule has 2 aromatic heterocycles. The fraction of sp³-hybridized carbons (Fsp3) is 0.185. The summed E-state index contributed by atoms with van der Waals surface area (Å²) in [7, 11) is 1.95. The zero-order valence-corrected chi connectivity index (χ0v) is 19.1. The van der Waals surface area contributed by atoms with Gasteiger partial charge in [-0.2, -0.15) is 0 Å². The molecule has 4 aromatic rings. The monoisotopic (exact) mass is 469 g/mol. The first kappa shape index (κ1) is 21.2. The number of ketones is 1. The molecule has 2 aromatic carbocycles. The molecule has 0 spiro atoms. The number of carbonyl (C=O) groups excluding carboxylic acids is 1. The summed E-state index contributed by atoms with van der Waals surface area (Å²) in [6.45, 7) is 3.05. The predicted molar refractivity (Wildman–Crippen MR) is 132 cm³/mol. The van der Waals surface area contributed by atoms with Crippen LogP contribution in [0.15, 0.2) is 60.6 Å². The van der Waals surface area contributed by atoms with E-state index in [1.807, 2.05) is 48.3 Å². The number of rotatable bonds is 3. The van der Waals surface area contributed by atoms with Crippen molar-refractivity contribution in [2.45, 2.75) is 0 Å². The molecule has 8 nitrogen and oxygen atoms in total. The first-order valence-corrected chi connectivity index (χ1v) is 11.4. The molecule has 0 bridgehead atoms. The van der Waals surface area contributed by atoms with Gasteiger partial charge in [0.15, 0.2) is 5.76 Å². The van der Waals surface area contributed by atoms with Crippen LogP contribution in [0.4, 0.5) is 5.82 Å². The lowest BCUT2D eigenvalue weighted by Gasteiger charge is -2.27. The second-order valence-electron chi connectivity index (χ2n) is 8.68. The van der Waals surface area contributed by atoms with Gasteiger partial charge in [-0.25, -0.2) is 4.98 Å². The minimum absolute atomic E-state index is 0.0532. The number of ether oxygens (including phenoxy) is 2. The standard InChI is InChI=1S/C27H23N3O5/c1-29-15-17(11-23-27(33)26-21(32)12-18(31)13-22(26)35-23)25-19(3-2-4-20(25)29)16-5-6-24(28-14-16)30-7-9-34-10-8-30/h2-6,11-15,31-32H,7-10H2,1H3/b23-11-. The number of morpholine rings is 1. The van der Waals surface area contributed by atoms with E-state index in [9.17, 15) is 15.0 Å². The molecule has 8 heteroatoms. The maximum atomic E-state index is 13.0. The third-order valence-corrected chi connectivity index (χ3v) is 6.46. The van der Waals surface area contributed by atoms with Gasteiger partial charge in [-0.05, 0) is 29.8 Å². The Bertz CT molecular complexity index is 1500. The topological polar surface area (TPSA) is 97.0 Å². The second-order valence-corrected chi connectivity index (χ2v) is 8.68. The van der Waals surface area contributed by atoms with E-state index in [0.29, 0.717) is 13.2 Å². The number of fused-ring (bicyclic) bond motifs is 2. The molecule has 6 rings (SSSR count). The third kappa shape index (κ3) is 3.59. The Labute approximate surface area is 201 Å². The van der Waals surface area contributed by atoms with Gasteiger partial charge in [0.2, 0.25) is 5.78 Å². The van der Waals surface area contributed by atoms with Crippen molar-refractivity contribution in [2.75, 3.05) is 31.2 Å². The Balaban J connectivity index is 1.42. The first-order valence-electron chi connectivity index (χ1n) is 11.4. The minimum atomic E-state index is -0.427. The maximum Gasteiger partial charge on any atom is 0.235 e. The number of Topliss-reactive ketones (excluding diaryl/α,β-unsaturated/α-hetero) is 1. The van der Waals surface area contributed by atoms with Crippen LogP contribution in [0.3, 0.4) is 0 Å². The van der Waals surface area contributed by atoms with Gasteiger partial charge in [-0.15, -0.1) is 0 Å². The van der Waals surface area contributed by atoms with E-state index in [4.69, 9.17) is 14.5 Å². The molecule has 2 aliphatic heterocycles. The number of aromatic nitrogens is 2. The van der Waals surface area contributed by atoms with Crippen molar-refractivity contribution in [3.05, 3.63) is 71.7 Å². The van der Waals surface area contributed by atoms with Crippen LogP contribution in [-0.4, -0.2) is 51.9 Å². The highest BCUT2D eigenvalue weighted by Crippen LogP contribution is 2.41. The quantitative estimate of drug-likeness (QED) is 0.436. The molecule has 0 saturated carbocycles. The van der Waals surface area contributed by atoms with Gasteiger partial charge in [0.05, 0.1) is 13.2 Å². The Kier molecular flexibility index (Phi) is 4.96. The lowest BCUT2D eigenvalue weighted by molar-refractivity contribution is 0.101. The summed E-state index contributed by atoms with van der Waals surface area (Å²) in [6, 6.07) is 12.6. The van der Waals surface area contributed by atoms with Crippen molar-refractivity contribution in [1.82, 2.24) is 9.55 Å². The molecule has 2 N–H and O–H groups in total. The van der Waals surface area contributed by atoms with Crippen molar-refractivity contribution in [2.24, 2.45) is 7.05 Å². The fourth-order valence-corrected chi connectivity index (χ4v) is 4.77. The molecule has 0 unspecified atom stereocenters. The Hall–Kier alpha value is -4.30. The van der Waals surface area contributed by atoms with Gasteiger partial charge in [0.25, 0.3) is 0 Å². The first-order chi connectivity index (χ1) is 17.0. The zero-order chi connectivity index (χ0) is 24.1. The Morgan fingerprint density at radius 3 is 2.69 bits per heavy atom. The van der Waals surface area contributed by atoms with Gasteiger partial charge in [-0.3, -0.25) is 4.79 Å². The third-order valence-electron chi connectivity index (χ3n) is 6.46. The summed E-state index contributed by atoms with van der Waals surface area (Å²) in [4.78, 5) is 19.9. The van der Waals surface area contributed by atoms with Gasteiger partial charge in [0.1, 0.15) is 28.6 Å². The highest BCUT2D eigenvalue weighted by atomic mass is 16.5. The van der Waals surface area contributed by atoms with Gasteiger partial charge in [0, 0.05) is 66.7 Å². The molecule has 35 heavy (non-hydrogen) atoms. The number of allylic oxidation sites excluding steroid dienone is 1. The molecule has 0 atom stereocenters. The van der Waals surface area contributed by atoms with Crippen LogP contribution in [0.25, 0.3) is 28.1 Å². The molecular weight excluding hydrogens is 446 g/mol. The lowest BCUT2D eigenvalue weighted by Crippen LogP contribution is -2.36. The molecule has 0 amide bonds. The molecule has 2 aliphatic rings. The van der Waals surface area contributed by atoms with Crippen LogP contribution in [0.2, 0.25) is 0 Å². The van der Waals surface area contributed by atoms with Gasteiger partial charge >= 0.3 is 0 Å². The van der Waals surface area contributed by atoms with Crippen molar-refractivity contribution in [1.29, 1.82) is 0 Å². The summed E-state index contributed by atoms with van der Waals surface area (Å²) in [5, 5.41) is 20.9. The van der Waals surface area contributed by atoms with Gasteiger partial charge < -0.3 is 29.2 Å². The Morgan fingerprint density at radius 2 is 1.91 bits per heavy atom. The maximum absolute atomic E-state index is 13.0. The number of phenols is 2. The lowest BCUT2D eigenvalue weighted by atomic mass is 9.99. The van der Waals surface area contributed by atoms with E-state index in [0.717, 1.165) is 52.6 Å². The van der Waals surface area contributed by atoms with Crippen molar-refractivity contribution >= 4 is 28.6 Å². The highest BCUT2D eigenvalue weighted by molar-refractivity contribution is 6.17. The summed E-state index contributed by atoms with van der Waals surface area (Å²) in [5.41, 5.74) is 3.80. The zero-order valence-electron chi connectivity index (χ0n) is 19.1. The number of aryl methyl sites for hydroxylation is 1. The van der Waals surface area contributed by atoms with E-state index in [2.05, 4.69) is 11.0 Å². The van der Waals surface area contributed by atoms with E-state index in [-0.39, 0.29) is 28.6 Å². The average molecular weight is 469 g/mol. The molecule has 4 heterocycles. The van der Waals surface area contributed by atoms with Crippen LogP contribution in [-0.2, 0) is 11.8 Å². The molecule has 0 radical (unpaired) electrons. The van der Waals surface area contributed by atoms with E-state index >= 15 is 0 Å². The van der Waals surface area contributed by atoms with Crippen LogP contribution >= 0.6 is 0 Å². The average Bonchev–Trinajstić information content (AvgIpc) is 3.36. The summed E-state index contributed by atoms with van der Waals surface area (Å²) in [6.07, 6.45) is 5.49. The van der Waals surface area contributed by atoms with Crippen LogP contribution < -0.4 is 9.64 Å². The molecule has 1 fully saturated rings. The van der Waals surface area contributed by atoms with E-state index in [1.54, 1.807) is 6.08 Å². The van der Waals surface area contributed by atoms with Crippen LogP contribution in [0, 0.1) is 0 Å². The summed E-state index contributed by atoms with van der Waals surface area (Å²) in [5.74, 6) is 0.245. The number of aromatic hydroxyl groups is 2. The van der Waals surface area contributed by atoms with E-state index in [1.165, 1.54) is 6.07 Å². The minimum Gasteiger partial charge on any atom is -0.508 e. The van der Waals surface area contributed by atoms with E-state index < -0.39 is 5.78 Å². The van der Waals surface area contributed by atoms with Crippen molar-refractivity contribution in [3.63, 3.8) is 0 Å². The normalized spacial score (nSPS) is 16.7. The van der Waals surface area contributed by atoms with Crippen LogP contribution in [0.1, 0.15) is 15.9 Å².